The van der Waals surface area contributed by atoms with Crippen molar-refractivity contribution in [3.05, 3.63) is 70.0 Å². The van der Waals surface area contributed by atoms with Crippen molar-refractivity contribution in [1.29, 1.82) is 0 Å². The summed E-state index contributed by atoms with van der Waals surface area (Å²) >= 11 is 0. The van der Waals surface area contributed by atoms with Crippen molar-refractivity contribution in [2.24, 2.45) is 5.10 Å². The first kappa shape index (κ1) is 20.3. The third-order valence-corrected chi connectivity index (χ3v) is 5.73. The van der Waals surface area contributed by atoms with Crippen molar-refractivity contribution in [2.75, 3.05) is 33.4 Å². The summed E-state index contributed by atoms with van der Waals surface area (Å²) in [5, 5.41) is 4.88. The van der Waals surface area contributed by atoms with E-state index in [0.29, 0.717) is 16.4 Å². The van der Waals surface area contributed by atoms with E-state index in [-0.39, 0.29) is 16.9 Å². The minimum absolute atomic E-state index is 0.289. The summed E-state index contributed by atoms with van der Waals surface area (Å²) in [6.45, 7) is 4.26. The number of quaternary nitrogens is 1. The normalized spacial score (nSPS) is 15.2. The lowest BCUT2D eigenvalue weighted by atomic mass is 10.1. The first-order valence-corrected chi connectivity index (χ1v) is 10.4. The molecule has 164 valence electrons. The monoisotopic (exact) mass is 436 g/mol. The predicted octanol–water partition coefficient (Wildman–Crippen LogP) is 1.32. The van der Waals surface area contributed by atoms with Crippen molar-refractivity contribution in [1.82, 2.24) is 14.6 Å². The summed E-state index contributed by atoms with van der Waals surface area (Å²) in [5.41, 5.74) is 2.94. The standard InChI is InChI=1S/C23H22FN5O3/c1-31-20-5-2-15(10-16(20)13-28-6-8-32-9-7-28)12-26-29-14-25-21-18-11-17(24)3-4-19(18)27-22(21)23(29)30/h2-5,10-12,14,27H,6-9,13H2,1H3/p+1/b26-12-. The number of aromatic nitrogens is 3. The Labute approximate surface area is 182 Å². The van der Waals surface area contributed by atoms with Gasteiger partial charge in [-0.1, -0.05) is 0 Å². The van der Waals surface area contributed by atoms with Gasteiger partial charge >= 0.3 is 0 Å². The van der Waals surface area contributed by atoms with E-state index in [1.165, 1.54) is 28.0 Å². The Morgan fingerprint density at radius 1 is 1.28 bits per heavy atom. The Morgan fingerprint density at radius 3 is 2.94 bits per heavy atom. The van der Waals surface area contributed by atoms with Gasteiger partial charge in [-0.3, -0.25) is 4.79 Å². The highest BCUT2D eigenvalue weighted by Gasteiger charge is 2.17. The van der Waals surface area contributed by atoms with Gasteiger partial charge < -0.3 is 19.4 Å². The second-order valence-electron chi connectivity index (χ2n) is 7.79. The highest BCUT2D eigenvalue weighted by atomic mass is 19.1. The zero-order valence-corrected chi connectivity index (χ0v) is 17.6. The summed E-state index contributed by atoms with van der Waals surface area (Å²) < 4.78 is 25.7. The lowest BCUT2D eigenvalue weighted by Crippen LogP contribution is -3.12. The Kier molecular flexibility index (Phi) is 5.42. The zero-order valence-electron chi connectivity index (χ0n) is 17.6. The van der Waals surface area contributed by atoms with Gasteiger partial charge in [0.1, 0.15) is 48.6 Å². The molecule has 0 radical (unpaired) electrons. The van der Waals surface area contributed by atoms with Gasteiger partial charge in [-0.25, -0.2) is 9.37 Å². The van der Waals surface area contributed by atoms with Crippen molar-refractivity contribution in [3.8, 4) is 5.75 Å². The summed E-state index contributed by atoms with van der Waals surface area (Å²) in [7, 11) is 1.66. The summed E-state index contributed by atoms with van der Waals surface area (Å²) in [4.78, 5) is 21.7. The largest absolute Gasteiger partial charge is 0.496 e. The van der Waals surface area contributed by atoms with E-state index in [2.05, 4.69) is 15.1 Å². The quantitative estimate of drug-likeness (QED) is 0.462. The number of nitrogens with zero attached hydrogens (tertiary/aromatic N) is 3. The van der Waals surface area contributed by atoms with Gasteiger partial charge in [-0.05, 0) is 42.0 Å². The van der Waals surface area contributed by atoms with E-state index in [1.54, 1.807) is 19.4 Å². The van der Waals surface area contributed by atoms with Crippen LogP contribution in [-0.2, 0) is 11.3 Å². The van der Waals surface area contributed by atoms with E-state index < -0.39 is 0 Å². The smallest absolute Gasteiger partial charge is 0.298 e. The van der Waals surface area contributed by atoms with Crippen molar-refractivity contribution < 1.29 is 18.8 Å². The first-order valence-electron chi connectivity index (χ1n) is 10.4. The average Bonchev–Trinajstić information content (AvgIpc) is 3.18. The molecule has 2 aromatic carbocycles. The summed E-state index contributed by atoms with van der Waals surface area (Å²) in [6, 6.07) is 10.1. The maximum Gasteiger partial charge on any atom is 0.298 e. The van der Waals surface area contributed by atoms with E-state index >= 15 is 0 Å². The molecule has 0 saturated carbocycles. The molecule has 0 spiro atoms. The van der Waals surface area contributed by atoms with Crippen LogP contribution in [0.1, 0.15) is 11.1 Å². The van der Waals surface area contributed by atoms with Crippen LogP contribution in [0, 0.1) is 5.82 Å². The Bertz CT molecular complexity index is 1370. The molecule has 1 aliphatic rings. The highest BCUT2D eigenvalue weighted by molar-refractivity contribution is 6.04. The Balaban J connectivity index is 1.45. The average molecular weight is 436 g/mol. The maximum absolute atomic E-state index is 13.6. The molecular formula is C23H23FN5O3+. The number of ether oxygens (including phenoxy) is 2. The van der Waals surface area contributed by atoms with Gasteiger partial charge in [0.05, 0.1) is 26.5 Å². The lowest BCUT2D eigenvalue weighted by Gasteiger charge is -2.24. The molecule has 2 aromatic heterocycles. The number of methoxy groups -OCH3 is 1. The highest BCUT2D eigenvalue weighted by Crippen LogP contribution is 2.22. The van der Waals surface area contributed by atoms with Crippen LogP contribution in [0.15, 0.2) is 52.6 Å². The number of benzene rings is 2. The van der Waals surface area contributed by atoms with E-state index in [1.807, 2.05) is 18.2 Å². The molecular weight excluding hydrogens is 413 g/mol. The van der Waals surface area contributed by atoms with Crippen LogP contribution in [0.4, 0.5) is 4.39 Å². The second-order valence-corrected chi connectivity index (χ2v) is 7.79. The van der Waals surface area contributed by atoms with Gasteiger partial charge in [0.25, 0.3) is 5.56 Å². The number of rotatable bonds is 5. The number of aromatic amines is 1. The van der Waals surface area contributed by atoms with Crippen molar-refractivity contribution in [2.45, 2.75) is 6.54 Å². The van der Waals surface area contributed by atoms with Crippen LogP contribution in [0.3, 0.4) is 0 Å². The number of halogens is 1. The van der Waals surface area contributed by atoms with Gasteiger partial charge in [0.15, 0.2) is 0 Å². The van der Waals surface area contributed by atoms with Crippen LogP contribution in [0.5, 0.6) is 5.75 Å². The number of fused-ring (bicyclic) bond motifs is 3. The number of hydrogen-bond acceptors (Lipinski definition) is 5. The molecule has 5 rings (SSSR count). The SMILES string of the molecule is COc1ccc(/C=N\n2cnc3c([nH]c4ccc(F)cc43)c2=O)cc1C[NH+]1CCOCC1. The molecule has 2 N–H and O–H groups in total. The van der Waals surface area contributed by atoms with Crippen molar-refractivity contribution in [3.63, 3.8) is 0 Å². The third-order valence-electron chi connectivity index (χ3n) is 5.73. The molecule has 1 aliphatic heterocycles. The topological polar surface area (TPSA) is 85.9 Å². The number of H-pyrrole nitrogens is 1. The van der Waals surface area contributed by atoms with Gasteiger partial charge in [0, 0.05) is 16.5 Å². The molecule has 0 unspecified atom stereocenters. The van der Waals surface area contributed by atoms with Gasteiger partial charge in [-0.15, -0.1) is 0 Å². The van der Waals surface area contributed by atoms with Crippen molar-refractivity contribution >= 4 is 28.2 Å². The number of morpholine rings is 1. The molecule has 9 heteroatoms. The second kappa shape index (κ2) is 8.52. The zero-order chi connectivity index (χ0) is 22.1. The molecule has 0 bridgehead atoms. The predicted molar refractivity (Wildman–Crippen MR) is 119 cm³/mol. The molecule has 0 aliphatic carbocycles. The molecule has 3 heterocycles. The van der Waals surface area contributed by atoms with Crippen LogP contribution < -0.4 is 15.2 Å². The fourth-order valence-electron chi connectivity index (χ4n) is 4.05. The maximum atomic E-state index is 13.6. The summed E-state index contributed by atoms with van der Waals surface area (Å²) in [5.74, 6) is 0.448. The molecule has 0 atom stereocenters. The van der Waals surface area contributed by atoms with Crippen LogP contribution in [0.2, 0.25) is 0 Å². The van der Waals surface area contributed by atoms with E-state index in [4.69, 9.17) is 9.47 Å². The number of nitrogens with one attached hydrogen (secondary N) is 2. The van der Waals surface area contributed by atoms with E-state index in [9.17, 15) is 9.18 Å². The summed E-state index contributed by atoms with van der Waals surface area (Å²) in [6.07, 6.45) is 2.97. The van der Waals surface area contributed by atoms with Crippen LogP contribution >= 0.6 is 0 Å². The molecule has 0 amide bonds. The molecule has 1 saturated heterocycles. The van der Waals surface area contributed by atoms with Gasteiger partial charge in [-0.2, -0.15) is 9.78 Å². The lowest BCUT2D eigenvalue weighted by molar-refractivity contribution is -0.921. The fourth-order valence-corrected chi connectivity index (χ4v) is 4.05. The molecule has 4 aromatic rings. The van der Waals surface area contributed by atoms with Crippen LogP contribution in [0.25, 0.3) is 21.9 Å². The minimum Gasteiger partial charge on any atom is -0.496 e. The first-order chi connectivity index (χ1) is 15.6. The molecule has 1 fully saturated rings. The van der Waals surface area contributed by atoms with Gasteiger partial charge in [0.2, 0.25) is 0 Å². The molecule has 32 heavy (non-hydrogen) atoms. The minimum atomic E-state index is -0.378. The fraction of sp³-hybridized carbons (Fsp3) is 0.261. The third kappa shape index (κ3) is 3.88. The van der Waals surface area contributed by atoms with E-state index in [0.717, 1.165) is 49.7 Å². The Morgan fingerprint density at radius 2 is 2.12 bits per heavy atom. The number of hydrogen-bond donors (Lipinski definition) is 2. The Hall–Kier alpha value is -3.56. The molecule has 8 nitrogen and oxygen atoms in total. The van der Waals surface area contributed by atoms with Crippen LogP contribution in [-0.4, -0.2) is 54.3 Å².